The summed E-state index contributed by atoms with van der Waals surface area (Å²) in [5, 5.41) is 11.6. The molecule has 3 nitrogen and oxygen atoms in total. The molecule has 1 aliphatic heterocycles. The second-order valence-corrected chi connectivity index (χ2v) is 4.22. The van der Waals surface area contributed by atoms with Crippen molar-refractivity contribution in [2.75, 3.05) is 26.2 Å². The fourth-order valence-electron chi connectivity index (χ4n) is 1.82. The highest BCUT2D eigenvalue weighted by atomic mass is 19.4. The summed E-state index contributed by atoms with van der Waals surface area (Å²) in [7, 11) is 0. The van der Waals surface area contributed by atoms with Crippen LogP contribution >= 0.6 is 0 Å². The molecule has 0 aromatic carbocycles. The number of likely N-dealkylation sites (tertiary alicyclic amines) is 1. The van der Waals surface area contributed by atoms with E-state index in [4.69, 9.17) is 11.5 Å². The van der Waals surface area contributed by atoms with Crippen LogP contribution in [0.15, 0.2) is 0 Å². The number of aliphatic hydroxyl groups is 1. The molecule has 1 unspecified atom stereocenters. The molecule has 0 aromatic rings. The van der Waals surface area contributed by atoms with E-state index in [1.807, 2.05) is 0 Å². The molecule has 0 spiro atoms. The van der Waals surface area contributed by atoms with Gasteiger partial charge in [-0.2, -0.15) is 13.2 Å². The summed E-state index contributed by atoms with van der Waals surface area (Å²) in [5.41, 5.74) is 0. The Bertz CT molecular complexity index is 267. The summed E-state index contributed by atoms with van der Waals surface area (Å²) in [5.74, 6) is 2.54. The normalized spacial score (nSPS) is 21.1. The standard InChI is InChI=1S/C11H17F3N2O/c1-2-5-16-6-3-9(4-7-16)15-8-10(17)11(12,13)14/h1,9-10,15,17H,3-8H2. The zero-order valence-electron chi connectivity index (χ0n) is 9.50. The maximum atomic E-state index is 12.0. The molecule has 1 fully saturated rings. The van der Waals surface area contributed by atoms with Crippen molar-refractivity contribution in [3.8, 4) is 12.3 Å². The van der Waals surface area contributed by atoms with Gasteiger partial charge in [-0.25, -0.2) is 0 Å². The van der Waals surface area contributed by atoms with Crippen molar-refractivity contribution in [2.45, 2.75) is 31.2 Å². The molecular weight excluding hydrogens is 233 g/mol. The first-order valence-electron chi connectivity index (χ1n) is 5.57. The van der Waals surface area contributed by atoms with Gasteiger partial charge in [-0.1, -0.05) is 5.92 Å². The lowest BCUT2D eigenvalue weighted by atomic mass is 10.0. The van der Waals surface area contributed by atoms with Crippen LogP contribution < -0.4 is 5.32 Å². The maximum absolute atomic E-state index is 12.0. The first-order chi connectivity index (χ1) is 7.93. The Balaban J connectivity index is 2.21. The Morgan fingerprint density at radius 1 is 1.41 bits per heavy atom. The van der Waals surface area contributed by atoms with Crippen LogP contribution in [0.3, 0.4) is 0 Å². The molecule has 0 bridgehead atoms. The van der Waals surface area contributed by atoms with Crippen LogP contribution in [0.5, 0.6) is 0 Å². The lowest BCUT2D eigenvalue weighted by Gasteiger charge is -2.31. The molecule has 2 N–H and O–H groups in total. The SMILES string of the molecule is C#CCN1CCC(NCC(O)C(F)(F)F)CC1. The fourth-order valence-corrected chi connectivity index (χ4v) is 1.82. The van der Waals surface area contributed by atoms with Crippen LogP contribution in [0.4, 0.5) is 13.2 Å². The van der Waals surface area contributed by atoms with Gasteiger partial charge in [-0.3, -0.25) is 4.90 Å². The molecule has 6 heteroatoms. The number of piperidine rings is 1. The van der Waals surface area contributed by atoms with Gasteiger partial charge >= 0.3 is 6.18 Å². The Hall–Kier alpha value is -0.770. The van der Waals surface area contributed by atoms with Crippen molar-refractivity contribution in [1.29, 1.82) is 0 Å². The number of hydrogen-bond acceptors (Lipinski definition) is 3. The summed E-state index contributed by atoms with van der Waals surface area (Å²) in [6.07, 6.45) is -0.143. The van der Waals surface area contributed by atoms with Crippen LogP contribution in [-0.2, 0) is 0 Å². The van der Waals surface area contributed by atoms with Gasteiger partial charge < -0.3 is 10.4 Å². The van der Waals surface area contributed by atoms with Gasteiger partial charge in [0.25, 0.3) is 0 Å². The first kappa shape index (κ1) is 14.3. The first-order valence-corrected chi connectivity index (χ1v) is 5.57. The molecule has 0 saturated carbocycles. The van der Waals surface area contributed by atoms with E-state index in [1.54, 1.807) is 0 Å². The monoisotopic (exact) mass is 250 g/mol. The Morgan fingerprint density at radius 2 is 2.00 bits per heavy atom. The number of hydrogen-bond donors (Lipinski definition) is 2. The maximum Gasteiger partial charge on any atom is 0.415 e. The van der Waals surface area contributed by atoms with E-state index in [9.17, 15) is 13.2 Å². The molecule has 98 valence electrons. The predicted octanol–water partition coefficient (Wildman–Crippen LogP) is 0.597. The predicted molar refractivity (Wildman–Crippen MR) is 58.4 cm³/mol. The Kier molecular flexibility index (Phi) is 5.25. The van der Waals surface area contributed by atoms with Gasteiger partial charge in [-0.05, 0) is 12.8 Å². The van der Waals surface area contributed by atoms with Crippen LogP contribution in [0.1, 0.15) is 12.8 Å². The molecule has 1 heterocycles. The molecule has 0 aliphatic carbocycles. The number of nitrogens with zero attached hydrogens (tertiary/aromatic N) is 1. The van der Waals surface area contributed by atoms with Crippen molar-refractivity contribution in [1.82, 2.24) is 10.2 Å². The van der Waals surface area contributed by atoms with E-state index < -0.39 is 18.8 Å². The molecular formula is C11H17F3N2O. The van der Waals surface area contributed by atoms with Gasteiger partial charge in [0.2, 0.25) is 0 Å². The van der Waals surface area contributed by atoms with Crippen molar-refractivity contribution in [2.24, 2.45) is 0 Å². The zero-order valence-corrected chi connectivity index (χ0v) is 9.50. The minimum atomic E-state index is -4.54. The highest BCUT2D eigenvalue weighted by molar-refractivity contribution is 4.90. The van der Waals surface area contributed by atoms with Gasteiger partial charge in [0.1, 0.15) is 0 Å². The molecule has 0 amide bonds. The minimum absolute atomic E-state index is 0.0287. The number of aliphatic hydroxyl groups excluding tert-OH is 1. The molecule has 1 atom stereocenters. The molecule has 1 rings (SSSR count). The topological polar surface area (TPSA) is 35.5 Å². The number of halogens is 3. The highest BCUT2D eigenvalue weighted by Crippen LogP contribution is 2.19. The van der Waals surface area contributed by atoms with E-state index in [-0.39, 0.29) is 6.04 Å². The van der Waals surface area contributed by atoms with E-state index in [1.165, 1.54) is 0 Å². The summed E-state index contributed by atoms with van der Waals surface area (Å²) in [6.45, 7) is 1.70. The third kappa shape index (κ3) is 4.94. The molecule has 1 saturated heterocycles. The van der Waals surface area contributed by atoms with Crippen molar-refractivity contribution in [3.63, 3.8) is 0 Å². The van der Waals surface area contributed by atoms with Crippen LogP contribution in [0.2, 0.25) is 0 Å². The van der Waals surface area contributed by atoms with Crippen molar-refractivity contribution in [3.05, 3.63) is 0 Å². The Morgan fingerprint density at radius 3 is 2.47 bits per heavy atom. The molecule has 0 aromatic heterocycles. The van der Waals surface area contributed by atoms with E-state index in [0.717, 1.165) is 25.9 Å². The minimum Gasteiger partial charge on any atom is -0.382 e. The van der Waals surface area contributed by atoms with Gasteiger partial charge in [-0.15, -0.1) is 6.42 Å². The summed E-state index contributed by atoms with van der Waals surface area (Å²) in [4.78, 5) is 2.08. The summed E-state index contributed by atoms with van der Waals surface area (Å²) >= 11 is 0. The third-order valence-corrected chi connectivity index (χ3v) is 2.88. The zero-order chi connectivity index (χ0) is 12.9. The van der Waals surface area contributed by atoms with E-state index >= 15 is 0 Å². The van der Waals surface area contributed by atoms with Crippen molar-refractivity contribution < 1.29 is 18.3 Å². The third-order valence-electron chi connectivity index (χ3n) is 2.88. The average molecular weight is 250 g/mol. The van der Waals surface area contributed by atoms with Gasteiger partial charge in [0.15, 0.2) is 6.10 Å². The number of alkyl halides is 3. The number of nitrogens with one attached hydrogen (secondary N) is 1. The lowest BCUT2D eigenvalue weighted by molar-refractivity contribution is -0.202. The van der Waals surface area contributed by atoms with Crippen LogP contribution in [0, 0.1) is 12.3 Å². The van der Waals surface area contributed by atoms with Gasteiger partial charge in [0, 0.05) is 25.7 Å². The molecule has 17 heavy (non-hydrogen) atoms. The highest BCUT2D eigenvalue weighted by Gasteiger charge is 2.38. The second-order valence-electron chi connectivity index (χ2n) is 4.22. The second kappa shape index (κ2) is 6.24. The smallest absolute Gasteiger partial charge is 0.382 e. The quantitative estimate of drug-likeness (QED) is 0.717. The number of rotatable bonds is 4. The van der Waals surface area contributed by atoms with Crippen molar-refractivity contribution >= 4 is 0 Å². The van der Waals surface area contributed by atoms with E-state index in [0.29, 0.717) is 6.54 Å². The average Bonchev–Trinajstić information content (AvgIpc) is 2.27. The molecule has 1 aliphatic rings. The van der Waals surface area contributed by atoms with Crippen LogP contribution in [-0.4, -0.2) is 54.5 Å². The molecule has 0 radical (unpaired) electrons. The van der Waals surface area contributed by atoms with Crippen LogP contribution in [0.25, 0.3) is 0 Å². The lowest BCUT2D eigenvalue weighted by Crippen LogP contribution is -2.47. The van der Waals surface area contributed by atoms with Gasteiger partial charge in [0.05, 0.1) is 6.54 Å². The summed E-state index contributed by atoms with van der Waals surface area (Å²) in [6, 6.07) is 0.0287. The van der Waals surface area contributed by atoms with E-state index in [2.05, 4.69) is 16.1 Å². The Labute approximate surface area is 99.0 Å². The largest absolute Gasteiger partial charge is 0.415 e. The number of terminal acetylenes is 1. The summed E-state index contributed by atoms with van der Waals surface area (Å²) < 4.78 is 36.1. The fraction of sp³-hybridized carbons (Fsp3) is 0.818.